The Hall–Kier alpha value is -3.77. The van der Waals surface area contributed by atoms with Crippen molar-refractivity contribution in [3.63, 3.8) is 0 Å². The van der Waals surface area contributed by atoms with E-state index in [0.29, 0.717) is 39.1 Å². The number of hydrogen-bond donors (Lipinski definition) is 0. The lowest BCUT2D eigenvalue weighted by molar-refractivity contribution is 0.764. The average molecular weight is 415 g/mol. The van der Waals surface area contributed by atoms with Crippen LogP contribution in [0.15, 0.2) is 89.0 Å². The molecule has 0 aliphatic rings. The number of benzene rings is 1. The van der Waals surface area contributed by atoms with Crippen LogP contribution in [0.4, 0.5) is 0 Å². The largest absolute Gasteiger partial charge is 0.310 e. The van der Waals surface area contributed by atoms with E-state index in [-0.39, 0.29) is 11.1 Å². The zero-order chi connectivity index (χ0) is 20.7. The number of pyridine rings is 4. The quantitative estimate of drug-likeness (QED) is 0.421. The van der Waals surface area contributed by atoms with Crippen LogP contribution in [-0.4, -0.2) is 19.1 Å². The second-order valence-electron chi connectivity index (χ2n) is 6.93. The van der Waals surface area contributed by atoms with Crippen molar-refractivity contribution >= 4 is 33.4 Å². The maximum Gasteiger partial charge on any atom is 0.264 e. The summed E-state index contributed by atoms with van der Waals surface area (Å²) in [6.45, 7) is 0.391. The summed E-state index contributed by atoms with van der Waals surface area (Å²) in [6, 6.07) is 16.0. The standard InChI is InChI=1S/C23H15ClN4O2/c24-16-4-1-5-17(11-16)28-10-7-21-19(23(28)30)12-18-20(26-21)6-9-27(22(18)29)14-15-3-2-8-25-13-15/h1-13H,14H2. The van der Waals surface area contributed by atoms with Crippen molar-refractivity contribution in [3.05, 3.63) is 111 Å². The summed E-state index contributed by atoms with van der Waals surface area (Å²) in [7, 11) is 0. The molecule has 5 aromatic rings. The molecule has 0 saturated heterocycles. The van der Waals surface area contributed by atoms with Crippen LogP contribution in [0.25, 0.3) is 27.5 Å². The molecule has 0 saturated carbocycles. The van der Waals surface area contributed by atoms with Gasteiger partial charge in [0.25, 0.3) is 11.1 Å². The minimum absolute atomic E-state index is 0.205. The molecular formula is C23H15ClN4O2. The van der Waals surface area contributed by atoms with Gasteiger partial charge in [-0.15, -0.1) is 0 Å². The highest BCUT2D eigenvalue weighted by atomic mass is 35.5. The first-order valence-corrected chi connectivity index (χ1v) is 9.68. The second-order valence-corrected chi connectivity index (χ2v) is 7.37. The van der Waals surface area contributed by atoms with E-state index in [2.05, 4.69) is 9.97 Å². The molecule has 0 spiro atoms. The van der Waals surface area contributed by atoms with Crippen LogP contribution < -0.4 is 11.1 Å². The normalized spacial score (nSPS) is 11.2. The van der Waals surface area contributed by atoms with Crippen LogP contribution in [0.1, 0.15) is 5.56 Å². The van der Waals surface area contributed by atoms with Gasteiger partial charge in [-0.1, -0.05) is 23.7 Å². The Morgan fingerprint density at radius 1 is 0.867 bits per heavy atom. The number of rotatable bonds is 3. The molecule has 7 heteroatoms. The van der Waals surface area contributed by atoms with E-state index in [0.717, 1.165) is 5.56 Å². The topological polar surface area (TPSA) is 69.8 Å². The third-order valence-electron chi connectivity index (χ3n) is 4.98. The smallest absolute Gasteiger partial charge is 0.264 e. The van der Waals surface area contributed by atoms with Gasteiger partial charge in [0.2, 0.25) is 0 Å². The summed E-state index contributed by atoms with van der Waals surface area (Å²) >= 11 is 6.07. The van der Waals surface area contributed by atoms with Crippen molar-refractivity contribution in [1.29, 1.82) is 0 Å². The Morgan fingerprint density at radius 3 is 2.43 bits per heavy atom. The van der Waals surface area contributed by atoms with E-state index in [1.54, 1.807) is 71.8 Å². The zero-order valence-electron chi connectivity index (χ0n) is 15.7. The van der Waals surface area contributed by atoms with Gasteiger partial charge < -0.3 is 4.57 Å². The van der Waals surface area contributed by atoms with Crippen LogP contribution in [0.5, 0.6) is 0 Å². The first-order valence-electron chi connectivity index (χ1n) is 9.30. The summed E-state index contributed by atoms with van der Waals surface area (Å²) in [5, 5.41) is 1.31. The van der Waals surface area contributed by atoms with Gasteiger partial charge in [0.1, 0.15) is 0 Å². The first-order chi connectivity index (χ1) is 14.6. The number of fused-ring (bicyclic) bond motifs is 2. The molecule has 0 aliphatic heterocycles. The Kier molecular flexibility index (Phi) is 4.41. The third-order valence-corrected chi connectivity index (χ3v) is 5.21. The molecule has 0 unspecified atom stereocenters. The Bertz CT molecular complexity index is 1520. The van der Waals surface area contributed by atoms with Gasteiger partial charge in [0.15, 0.2) is 0 Å². The van der Waals surface area contributed by atoms with Gasteiger partial charge in [-0.3, -0.25) is 19.1 Å². The Morgan fingerprint density at radius 2 is 1.67 bits per heavy atom. The molecule has 0 amide bonds. The van der Waals surface area contributed by atoms with Gasteiger partial charge in [-0.2, -0.15) is 0 Å². The van der Waals surface area contributed by atoms with Crippen LogP contribution in [-0.2, 0) is 6.54 Å². The van der Waals surface area contributed by atoms with E-state index in [1.165, 1.54) is 4.57 Å². The van der Waals surface area contributed by atoms with Crippen molar-refractivity contribution < 1.29 is 0 Å². The van der Waals surface area contributed by atoms with Crippen LogP contribution in [0, 0.1) is 0 Å². The third kappa shape index (κ3) is 3.17. The molecule has 0 bridgehead atoms. The highest BCUT2D eigenvalue weighted by molar-refractivity contribution is 6.30. The van der Waals surface area contributed by atoms with E-state index in [1.807, 2.05) is 12.1 Å². The van der Waals surface area contributed by atoms with Gasteiger partial charge in [0.05, 0.1) is 34.0 Å². The average Bonchev–Trinajstić information content (AvgIpc) is 2.76. The Balaban J connectivity index is 1.70. The van der Waals surface area contributed by atoms with Crippen molar-refractivity contribution in [1.82, 2.24) is 19.1 Å². The van der Waals surface area contributed by atoms with Crippen LogP contribution >= 0.6 is 11.6 Å². The van der Waals surface area contributed by atoms with Crippen LogP contribution in [0.2, 0.25) is 5.02 Å². The monoisotopic (exact) mass is 414 g/mol. The fraction of sp³-hybridized carbons (Fsp3) is 0.0435. The predicted molar refractivity (Wildman–Crippen MR) is 117 cm³/mol. The molecule has 0 fully saturated rings. The SMILES string of the molecule is O=c1c2cc3c(=O)n(-c4cccc(Cl)c4)ccc3nc2ccn1Cc1cccnc1. The number of aromatic nitrogens is 4. The lowest BCUT2D eigenvalue weighted by Gasteiger charge is -2.10. The molecule has 4 aromatic heterocycles. The molecule has 30 heavy (non-hydrogen) atoms. The maximum atomic E-state index is 13.1. The molecule has 0 N–H and O–H groups in total. The van der Waals surface area contributed by atoms with Gasteiger partial charge in [-0.25, -0.2) is 4.98 Å². The summed E-state index contributed by atoms with van der Waals surface area (Å²) in [4.78, 5) is 34.8. The van der Waals surface area contributed by atoms with Crippen LogP contribution in [0.3, 0.4) is 0 Å². The molecule has 5 rings (SSSR count). The lowest BCUT2D eigenvalue weighted by Crippen LogP contribution is -2.22. The van der Waals surface area contributed by atoms with Crippen molar-refractivity contribution in [3.8, 4) is 5.69 Å². The first kappa shape index (κ1) is 18.3. The molecule has 4 heterocycles. The van der Waals surface area contributed by atoms with Gasteiger partial charge in [-0.05, 0) is 48.0 Å². The molecule has 0 atom stereocenters. The number of hydrogen-bond acceptors (Lipinski definition) is 4. The molecule has 146 valence electrons. The lowest BCUT2D eigenvalue weighted by atomic mass is 10.1. The second kappa shape index (κ2) is 7.24. The summed E-state index contributed by atoms with van der Waals surface area (Å²) in [6.07, 6.45) is 6.79. The maximum absolute atomic E-state index is 13.1. The highest BCUT2D eigenvalue weighted by Gasteiger charge is 2.11. The summed E-state index contributed by atoms with van der Waals surface area (Å²) in [5.41, 5.74) is 2.19. The van der Waals surface area contributed by atoms with Crippen molar-refractivity contribution in [2.75, 3.05) is 0 Å². The van der Waals surface area contributed by atoms with E-state index in [4.69, 9.17) is 11.6 Å². The van der Waals surface area contributed by atoms with Gasteiger partial charge >= 0.3 is 0 Å². The summed E-state index contributed by atoms with van der Waals surface area (Å²) in [5.74, 6) is 0. The summed E-state index contributed by atoms with van der Waals surface area (Å²) < 4.78 is 3.09. The molecule has 0 radical (unpaired) electrons. The number of nitrogens with zero attached hydrogens (tertiary/aromatic N) is 4. The fourth-order valence-electron chi connectivity index (χ4n) is 3.51. The number of halogens is 1. The van der Waals surface area contributed by atoms with Crippen molar-refractivity contribution in [2.45, 2.75) is 6.54 Å². The van der Waals surface area contributed by atoms with Gasteiger partial charge in [0, 0.05) is 29.8 Å². The van der Waals surface area contributed by atoms with E-state index in [9.17, 15) is 9.59 Å². The minimum atomic E-state index is -0.258. The Labute approximate surface area is 175 Å². The predicted octanol–water partition coefficient (Wildman–Crippen LogP) is 3.80. The minimum Gasteiger partial charge on any atom is -0.310 e. The molecule has 1 aromatic carbocycles. The molecular weight excluding hydrogens is 400 g/mol. The highest BCUT2D eigenvalue weighted by Crippen LogP contribution is 2.18. The molecule has 0 aliphatic carbocycles. The van der Waals surface area contributed by atoms with E-state index >= 15 is 0 Å². The fourth-order valence-corrected chi connectivity index (χ4v) is 3.69. The molecule has 6 nitrogen and oxygen atoms in total. The van der Waals surface area contributed by atoms with E-state index < -0.39 is 0 Å². The van der Waals surface area contributed by atoms with Crippen molar-refractivity contribution in [2.24, 2.45) is 0 Å². The zero-order valence-corrected chi connectivity index (χ0v) is 16.5.